The van der Waals surface area contributed by atoms with Crippen LogP contribution in [0.5, 0.6) is 0 Å². The third kappa shape index (κ3) is 5.39. The van der Waals surface area contributed by atoms with Crippen LogP contribution in [0.25, 0.3) is 6.08 Å². The van der Waals surface area contributed by atoms with Crippen LogP contribution in [0.15, 0.2) is 59.5 Å². The van der Waals surface area contributed by atoms with E-state index >= 15 is 0 Å². The van der Waals surface area contributed by atoms with E-state index in [1.54, 1.807) is 67.3 Å². The van der Waals surface area contributed by atoms with Crippen molar-refractivity contribution in [3.05, 3.63) is 60.2 Å². The fourth-order valence-corrected chi connectivity index (χ4v) is 4.95. The maximum absolute atomic E-state index is 12.5. The number of carbonyl (C=O) groups excluding carboxylic acids is 2. The van der Waals surface area contributed by atoms with Gasteiger partial charge >= 0.3 is 0 Å². The second-order valence-electron chi connectivity index (χ2n) is 7.18. The smallest absolute Gasteiger partial charge is 0.248 e. The van der Waals surface area contributed by atoms with Gasteiger partial charge in [-0.1, -0.05) is 32.0 Å². The number of hydrogen-bond donors (Lipinski definition) is 1. The van der Waals surface area contributed by atoms with Gasteiger partial charge in [-0.2, -0.15) is 4.31 Å². The number of amides is 2. The van der Waals surface area contributed by atoms with Gasteiger partial charge in [0, 0.05) is 43.5 Å². The molecule has 3 rings (SSSR count). The Hall–Kier alpha value is -2.97. The van der Waals surface area contributed by atoms with Gasteiger partial charge in [0.1, 0.15) is 0 Å². The fourth-order valence-electron chi connectivity index (χ4n) is 3.49. The Kier molecular flexibility index (Phi) is 7.25. The largest absolute Gasteiger partial charge is 0.322 e. The zero-order valence-corrected chi connectivity index (χ0v) is 18.6. The number of carbonyl (C=O) groups is 2. The molecule has 1 N–H and O–H groups in total. The minimum atomic E-state index is -3.50. The molecule has 0 bridgehead atoms. The molecule has 1 aliphatic heterocycles. The monoisotopic (exact) mass is 441 g/mol. The van der Waals surface area contributed by atoms with Gasteiger partial charge in [-0.15, -0.1) is 0 Å². The molecule has 0 unspecified atom stereocenters. The van der Waals surface area contributed by atoms with Gasteiger partial charge in [0.15, 0.2) is 0 Å². The third-order valence-electron chi connectivity index (χ3n) is 5.15. The number of rotatable bonds is 8. The summed E-state index contributed by atoms with van der Waals surface area (Å²) in [5, 5.41) is 2.79. The van der Waals surface area contributed by atoms with Crippen molar-refractivity contribution in [1.29, 1.82) is 0 Å². The zero-order valence-electron chi connectivity index (χ0n) is 17.7. The van der Waals surface area contributed by atoms with Crippen molar-refractivity contribution in [2.45, 2.75) is 31.6 Å². The molecule has 31 heavy (non-hydrogen) atoms. The molecule has 2 amide bonds. The van der Waals surface area contributed by atoms with E-state index in [0.29, 0.717) is 37.3 Å². The Morgan fingerprint density at radius 2 is 1.84 bits per heavy atom. The summed E-state index contributed by atoms with van der Waals surface area (Å²) >= 11 is 0. The highest BCUT2D eigenvalue weighted by molar-refractivity contribution is 7.89. The van der Waals surface area contributed by atoms with E-state index in [4.69, 9.17) is 0 Å². The first-order chi connectivity index (χ1) is 14.8. The summed E-state index contributed by atoms with van der Waals surface area (Å²) in [5.41, 5.74) is 2.09. The summed E-state index contributed by atoms with van der Waals surface area (Å²) in [6.07, 6.45) is 4.40. The number of nitrogens with zero attached hydrogens (tertiary/aromatic N) is 2. The Morgan fingerprint density at radius 3 is 2.45 bits per heavy atom. The number of sulfonamides is 1. The topological polar surface area (TPSA) is 86.8 Å². The lowest BCUT2D eigenvalue weighted by atomic mass is 10.2. The molecule has 0 aliphatic carbocycles. The average molecular weight is 442 g/mol. The average Bonchev–Trinajstić information content (AvgIpc) is 3.19. The number of nitrogens with one attached hydrogen (secondary N) is 1. The second kappa shape index (κ2) is 9.89. The molecule has 2 aromatic rings. The van der Waals surface area contributed by atoms with Crippen LogP contribution in [-0.2, 0) is 19.6 Å². The summed E-state index contributed by atoms with van der Waals surface area (Å²) in [6, 6.07) is 13.6. The van der Waals surface area contributed by atoms with Crippen LogP contribution < -0.4 is 10.2 Å². The van der Waals surface area contributed by atoms with Gasteiger partial charge in [-0.05, 0) is 48.4 Å². The highest BCUT2D eigenvalue weighted by atomic mass is 32.2. The molecule has 7 nitrogen and oxygen atoms in total. The quantitative estimate of drug-likeness (QED) is 0.635. The standard InChI is InChI=1S/C23H27N3O4S/c1-3-25(4-2)31(29,30)21-13-10-18(11-14-21)12-15-22(27)24-19-7-5-8-20(17-19)26-16-6-9-23(26)28/h5,7-8,10-15,17H,3-4,6,9,16H2,1-2H3,(H,24,27)/b15-12+. The van der Waals surface area contributed by atoms with Gasteiger partial charge in [-0.25, -0.2) is 8.42 Å². The molecule has 1 fully saturated rings. The van der Waals surface area contributed by atoms with E-state index in [2.05, 4.69) is 5.32 Å². The van der Waals surface area contributed by atoms with Gasteiger partial charge in [0.2, 0.25) is 21.8 Å². The molecule has 1 saturated heterocycles. The summed E-state index contributed by atoms with van der Waals surface area (Å²) in [4.78, 5) is 26.2. The Labute approximate surface area is 183 Å². The van der Waals surface area contributed by atoms with Crippen molar-refractivity contribution in [2.75, 3.05) is 29.9 Å². The van der Waals surface area contributed by atoms with Crippen molar-refractivity contribution in [2.24, 2.45) is 0 Å². The molecule has 8 heteroatoms. The first kappa shape index (κ1) is 22.7. The fraction of sp³-hybridized carbons (Fsp3) is 0.304. The molecule has 164 valence electrons. The molecule has 0 radical (unpaired) electrons. The second-order valence-corrected chi connectivity index (χ2v) is 9.12. The van der Waals surface area contributed by atoms with E-state index in [9.17, 15) is 18.0 Å². The van der Waals surface area contributed by atoms with Crippen molar-refractivity contribution in [3.8, 4) is 0 Å². The van der Waals surface area contributed by atoms with Crippen LogP contribution >= 0.6 is 0 Å². The van der Waals surface area contributed by atoms with E-state index in [-0.39, 0.29) is 16.7 Å². The highest BCUT2D eigenvalue weighted by Crippen LogP contribution is 2.24. The van der Waals surface area contributed by atoms with E-state index in [0.717, 1.165) is 12.1 Å². The predicted molar refractivity (Wildman–Crippen MR) is 122 cm³/mol. The van der Waals surface area contributed by atoms with Crippen LogP contribution in [0.2, 0.25) is 0 Å². The molecule has 0 atom stereocenters. The normalized spacial score (nSPS) is 14.5. The van der Waals surface area contributed by atoms with Crippen molar-refractivity contribution >= 4 is 39.3 Å². The van der Waals surface area contributed by atoms with Crippen LogP contribution in [-0.4, -0.2) is 44.2 Å². The molecule has 0 saturated carbocycles. The highest BCUT2D eigenvalue weighted by Gasteiger charge is 2.22. The van der Waals surface area contributed by atoms with Gasteiger partial charge < -0.3 is 10.2 Å². The molecular formula is C23H27N3O4S. The van der Waals surface area contributed by atoms with Gasteiger partial charge in [0.05, 0.1) is 4.90 Å². The number of benzene rings is 2. The van der Waals surface area contributed by atoms with E-state index in [1.807, 2.05) is 6.07 Å². The zero-order chi connectivity index (χ0) is 22.4. The van der Waals surface area contributed by atoms with Crippen LogP contribution in [0.1, 0.15) is 32.3 Å². The maximum Gasteiger partial charge on any atom is 0.248 e. The lowest BCUT2D eigenvalue weighted by molar-refractivity contribution is -0.117. The minimum Gasteiger partial charge on any atom is -0.322 e. The molecule has 2 aromatic carbocycles. The number of anilines is 2. The summed E-state index contributed by atoms with van der Waals surface area (Å²) in [5.74, 6) is -0.223. The molecule has 0 spiro atoms. The Balaban J connectivity index is 1.65. The molecular weight excluding hydrogens is 414 g/mol. The summed E-state index contributed by atoms with van der Waals surface area (Å²) < 4.78 is 26.5. The molecule has 1 aliphatic rings. The Morgan fingerprint density at radius 1 is 1.13 bits per heavy atom. The van der Waals surface area contributed by atoms with Gasteiger partial charge in [0.25, 0.3) is 0 Å². The van der Waals surface area contributed by atoms with E-state index < -0.39 is 10.0 Å². The van der Waals surface area contributed by atoms with E-state index in [1.165, 1.54) is 10.4 Å². The van der Waals surface area contributed by atoms with Gasteiger partial charge in [-0.3, -0.25) is 9.59 Å². The third-order valence-corrected chi connectivity index (χ3v) is 7.21. The van der Waals surface area contributed by atoms with Crippen molar-refractivity contribution < 1.29 is 18.0 Å². The van der Waals surface area contributed by atoms with Crippen LogP contribution in [0.3, 0.4) is 0 Å². The SMILES string of the molecule is CCN(CC)S(=O)(=O)c1ccc(/C=C/C(=O)Nc2cccc(N3CCCC3=O)c2)cc1. The first-order valence-corrected chi connectivity index (χ1v) is 11.8. The Bertz CT molecular complexity index is 1070. The lowest BCUT2D eigenvalue weighted by Crippen LogP contribution is -2.30. The maximum atomic E-state index is 12.5. The van der Waals surface area contributed by atoms with Crippen LogP contribution in [0.4, 0.5) is 11.4 Å². The summed E-state index contributed by atoms with van der Waals surface area (Å²) in [7, 11) is -3.50. The van der Waals surface area contributed by atoms with Crippen LogP contribution in [0, 0.1) is 0 Å². The van der Waals surface area contributed by atoms with Crippen molar-refractivity contribution in [1.82, 2.24) is 4.31 Å². The first-order valence-electron chi connectivity index (χ1n) is 10.3. The van der Waals surface area contributed by atoms with Crippen molar-refractivity contribution in [3.63, 3.8) is 0 Å². The molecule has 0 aromatic heterocycles. The summed E-state index contributed by atoms with van der Waals surface area (Å²) in [6.45, 7) is 5.11. The predicted octanol–water partition coefficient (Wildman–Crippen LogP) is 3.50. The lowest BCUT2D eigenvalue weighted by Gasteiger charge is -2.18. The molecule has 1 heterocycles. The minimum absolute atomic E-state index is 0.0924. The number of hydrogen-bond acceptors (Lipinski definition) is 4.